The molecule has 1 amide bonds. The summed E-state index contributed by atoms with van der Waals surface area (Å²) in [6.45, 7) is 1.95. The first-order valence-electron chi connectivity index (χ1n) is 5.48. The van der Waals surface area contributed by atoms with Gasteiger partial charge in [0.25, 0.3) is 5.91 Å². The predicted molar refractivity (Wildman–Crippen MR) is 75.9 cm³/mol. The lowest BCUT2D eigenvalue weighted by Crippen LogP contribution is -2.34. The number of nitrogens with two attached hydrogens (primary N) is 1. The van der Waals surface area contributed by atoms with Gasteiger partial charge in [-0.25, -0.2) is 0 Å². The van der Waals surface area contributed by atoms with Gasteiger partial charge in [-0.1, -0.05) is 30.1 Å². The van der Waals surface area contributed by atoms with Crippen LogP contribution in [0, 0.1) is 12.3 Å². The number of benzene rings is 1. The minimum absolute atomic E-state index is 0.0578. The molecule has 3 nitrogen and oxygen atoms in total. The normalized spacial score (nSPS) is 11.7. The molecule has 1 aromatic rings. The van der Waals surface area contributed by atoms with Crippen molar-refractivity contribution in [2.75, 3.05) is 5.73 Å². The second kappa shape index (κ2) is 6.53. The molecule has 96 valence electrons. The lowest BCUT2D eigenvalue weighted by Gasteiger charge is -2.14. The second-order valence-electron chi connectivity index (χ2n) is 3.84. The van der Waals surface area contributed by atoms with Gasteiger partial charge in [-0.05, 0) is 18.6 Å². The molecule has 1 unspecified atom stereocenters. The predicted octanol–water partition coefficient (Wildman–Crippen LogP) is 3.11. The minimum atomic E-state index is -0.263. The minimum Gasteiger partial charge on any atom is -0.396 e. The molecule has 0 fully saturated rings. The van der Waals surface area contributed by atoms with Crippen LogP contribution in [-0.4, -0.2) is 11.9 Å². The van der Waals surface area contributed by atoms with Crippen LogP contribution in [0.4, 0.5) is 5.69 Å². The molecule has 0 aromatic heterocycles. The third-order valence-corrected chi connectivity index (χ3v) is 3.16. The van der Waals surface area contributed by atoms with Crippen LogP contribution < -0.4 is 11.1 Å². The smallest absolute Gasteiger partial charge is 0.251 e. The molecule has 0 aliphatic rings. The molecule has 0 aliphatic carbocycles. The van der Waals surface area contributed by atoms with E-state index in [1.165, 1.54) is 12.1 Å². The van der Waals surface area contributed by atoms with Gasteiger partial charge in [0, 0.05) is 18.0 Å². The van der Waals surface area contributed by atoms with Gasteiger partial charge in [0.2, 0.25) is 0 Å². The number of nitrogens with one attached hydrogen (secondary N) is 1. The molecule has 1 aromatic carbocycles. The van der Waals surface area contributed by atoms with Gasteiger partial charge in [0.15, 0.2) is 0 Å². The van der Waals surface area contributed by atoms with Gasteiger partial charge in [-0.15, -0.1) is 12.3 Å². The molecule has 0 saturated heterocycles. The zero-order valence-electron chi connectivity index (χ0n) is 9.97. The number of halogens is 2. The summed E-state index contributed by atoms with van der Waals surface area (Å²) in [6.07, 6.45) is 6.47. The average molecular weight is 285 g/mol. The summed E-state index contributed by atoms with van der Waals surface area (Å²) in [5, 5.41) is 3.34. The number of carbonyl (C=O) groups excluding carboxylic acids is 1. The van der Waals surface area contributed by atoms with Crippen molar-refractivity contribution in [2.24, 2.45) is 0 Å². The molecule has 0 spiro atoms. The van der Waals surface area contributed by atoms with Crippen LogP contribution in [0.25, 0.3) is 0 Å². The highest BCUT2D eigenvalue weighted by Gasteiger charge is 2.14. The topological polar surface area (TPSA) is 55.1 Å². The summed E-state index contributed by atoms with van der Waals surface area (Å²) < 4.78 is 0. The number of carbonyl (C=O) groups is 1. The van der Waals surface area contributed by atoms with Crippen LogP contribution in [0.5, 0.6) is 0 Å². The Balaban J connectivity index is 2.88. The highest BCUT2D eigenvalue weighted by molar-refractivity contribution is 6.39. The monoisotopic (exact) mass is 284 g/mol. The van der Waals surface area contributed by atoms with Gasteiger partial charge in [-0.3, -0.25) is 4.79 Å². The zero-order valence-corrected chi connectivity index (χ0v) is 11.5. The number of amides is 1. The molecule has 1 atom stereocenters. The fourth-order valence-corrected chi connectivity index (χ4v) is 1.91. The van der Waals surface area contributed by atoms with E-state index in [-0.39, 0.29) is 27.7 Å². The Kier molecular flexibility index (Phi) is 5.33. The molecule has 0 heterocycles. The Morgan fingerprint density at radius 1 is 1.50 bits per heavy atom. The number of anilines is 1. The third-order valence-electron chi connectivity index (χ3n) is 2.53. The van der Waals surface area contributed by atoms with Gasteiger partial charge in [0.05, 0.1) is 15.7 Å². The summed E-state index contributed by atoms with van der Waals surface area (Å²) >= 11 is 11.7. The molecular formula is C13H14Cl2N2O. The molecular weight excluding hydrogens is 271 g/mol. The van der Waals surface area contributed by atoms with Gasteiger partial charge < -0.3 is 11.1 Å². The van der Waals surface area contributed by atoms with Gasteiger partial charge in [-0.2, -0.15) is 0 Å². The Bertz CT molecular complexity index is 471. The number of hydrogen-bond donors (Lipinski definition) is 2. The highest BCUT2D eigenvalue weighted by atomic mass is 35.5. The van der Waals surface area contributed by atoms with Crippen molar-refractivity contribution in [3.63, 3.8) is 0 Å². The number of rotatable bonds is 4. The van der Waals surface area contributed by atoms with Crippen molar-refractivity contribution in [3.05, 3.63) is 27.7 Å². The summed E-state index contributed by atoms with van der Waals surface area (Å²) in [7, 11) is 0. The molecule has 3 N–H and O–H groups in total. The van der Waals surface area contributed by atoms with Crippen molar-refractivity contribution < 1.29 is 4.79 Å². The lowest BCUT2D eigenvalue weighted by atomic mass is 10.1. The quantitative estimate of drug-likeness (QED) is 0.659. The van der Waals surface area contributed by atoms with Crippen LogP contribution in [-0.2, 0) is 0 Å². The molecule has 0 bridgehead atoms. The highest BCUT2D eigenvalue weighted by Crippen LogP contribution is 2.28. The average Bonchev–Trinajstić information content (AvgIpc) is 2.34. The van der Waals surface area contributed by atoms with Crippen LogP contribution >= 0.6 is 23.2 Å². The molecule has 0 aliphatic heterocycles. The Labute approximate surface area is 117 Å². The molecule has 1 rings (SSSR count). The van der Waals surface area contributed by atoms with E-state index >= 15 is 0 Å². The van der Waals surface area contributed by atoms with E-state index < -0.39 is 0 Å². The molecule has 0 radical (unpaired) electrons. The summed E-state index contributed by atoms with van der Waals surface area (Å²) in [6, 6.07) is 2.92. The standard InChI is InChI=1S/C13H14Cl2N2O/c1-3-5-9(4-2)17-13(18)8-6-10(14)12(16)11(15)7-8/h1,6-7,9H,4-5,16H2,2H3,(H,17,18). The largest absolute Gasteiger partial charge is 0.396 e. The van der Waals surface area contributed by atoms with E-state index in [9.17, 15) is 4.79 Å². The maximum absolute atomic E-state index is 12.0. The van der Waals surface area contributed by atoms with Crippen molar-refractivity contribution in [1.29, 1.82) is 0 Å². The summed E-state index contributed by atoms with van der Waals surface area (Å²) in [5.74, 6) is 2.26. The molecule has 18 heavy (non-hydrogen) atoms. The summed E-state index contributed by atoms with van der Waals surface area (Å²) in [5.41, 5.74) is 6.24. The Morgan fingerprint density at radius 2 is 2.06 bits per heavy atom. The third kappa shape index (κ3) is 3.56. The van der Waals surface area contributed by atoms with E-state index in [1.54, 1.807) is 0 Å². The van der Waals surface area contributed by atoms with Crippen molar-refractivity contribution in [1.82, 2.24) is 5.32 Å². The first-order valence-corrected chi connectivity index (χ1v) is 6.24. The lowest BCUT2D eigenvalue weighted by molar-refractivity contribution is 0.0936. The van der Waals surface area contributed by atoms with Crippen molar-refractivity contribution in [3.8, 4) is 12.3 Å². The zero-order chi connectivity index (χ0) is 13.7. The fourth-order valence-electron chi connectivity index (χ4n) is 1.42. The Hall–Kier alpha value is -1.37. The van der Waals surface area contributed by atoms with E-state index in [4.69, 9.17) is 35.4 Å². The SMILES string of the molecule is C#CCC(CC)NC(=O)c1cc(Cl)c(N)c(Cl)c1. The fraction of sp³-hybridized carbons (Fsp3) is 0.308. The van der Waals surface area contributed by atoms with E-state index in [2.05, 4.69) is 11.2 Å². The first-order chi connectivity index (χ1) is 8.49. The first kappa shape index (κ1) is 14.7. The van der Waals surface area contributed by atoms with Crippen molar-refractivity contribution in [2.45, 2.75) is 25.8 Å². The van der Waals surface area contributed by atoms with Crippen LogP contribution in [0.1, 0.15) is 30.1 Å². The maximum atomic E-state index is 12.0. The van der Waals surface area contributed by atoms with Crippen LogP contribution in [0.2, 0.25) is 10.0 Å². The van der Waals surface area contributed by atoms with E-state index in [0.29, 0.717) is 12.0 Å². The van der Waals surface area contributed by atoms with Crippen molar-refractivity contribution >= 4 is 34.8 Å². The number of hydrogen-bond acceptors (Lipinski definition) is 2. The van der Waals surface area contributed by atoms with Gasteiger partial charge in [0.1, 0.15) is 0 Å². The van der Waals surface area contributed by atoms with Crippen LogP contribution in [0.3, 0.4) is 0 Å². The molecule has 5 heteroatoms. The molecule has 0 saturated carbocycles. The summed E-state index contributed by atoms with van der Waals surface area (Å²) in [4.78, 5) is 12.0. The van der Waals surface area contributed by atoms with E-state index in [0.717, 1.165) is 6.42 Å². The second-order valence-corrected chi connectivity index (χ2v) is 4.65. The van der Waals surface area contributed by atoms with Crippen LogP contribution in [0.15, 0.2) is 12.1 Å². The Morgan fingerprint density at radius 3 is 2.50 bits per heavy atom. The number of nitrogen functional groups attached to an aromatic ring is 1. The van der Waals surface area contributed by atoms with Gasteiger partial charge >= 0.3 is 0 Å². The maximum Gasteiger partial charge on any atom is 0.251 e. The van der Waals surface area contributed by atoms with E-state index in [1.807, 2.05) is 6.92 Å². The number of terminal acetylenes is 1.